The fraction of sp³-hybridized carbons (Fsp3) is 0.176. The molecular formula is C17H15BrFNO4. The summed E-state index contributed by atoms with van der Waals surface area (Å²) < 4.78 is 24.1. The molecule has 0 aliphatic heterocycles. The average Bonchev–Trinajstić information content (AvgIpc) is 2.55. The first-order chi connectivity index (χ1) is 11.4. The fourth-order valence-corrected chi connectivity index (χ4v) is 2.36. The minimum absolute atomic E-state index is 0.0200. The fourth-order valence-electron chi connectivity index (χ4n) is 2.02. The van der Waals surface area contributed by atoms with Crippen LogP contribution in [-0.2, 0) is 9.53 Å². The number of methoxy groups -OCH3 is 1. The summed E-state index contributed by atoms with van der Waals surface area (Å²) in [5.74, 6) is -1.55. The maximum atomic E-state index is 13.6. The second-order valence-electron chi connectivity index (χ2n) is 4.88. The van der Waals surface area contributed by atoms with Crippen molar-refractivity contribution >= 4 is 33.5 Å². The normalized spacial score (nSPS) is 10.2. The Morgan fingerprint density at radius 1 is 1.25 bits per heavy atom. The topological polar surface area (TPSA) is 64.6 Å². The lowest BCUT2D eigenvalue weighted by atomic mass is 10.1. The van der Waals surface area contributed by atoms with Crippen LogP contribution < -0.4 is 10.1 Å². The molecule has 7 heteroatoms. The maximum absolute atomic E-state index is 13.6. The molecular weight excluding hydrogens is 381 g/mol. The van der Waals surface area contributed by atoms with Crippen molar-refractivity contribution in [2.75, 3.05) is 19.0 Å². The van der Waals surface area contributed by atoms with Crippen LogP contribution in [0.15, 0.2) is 40.9 Å². The molecule has 0 aliphatic carbocycles. The number of hydrogen-bond acceptors (Lipinski definition) is 4. The lowest BCUT2D eigenvalue weighted by Crippen LogP contribution is -2.21. The molecule has 0 aromatic heterocycles. The van der Waals surface area contributed by atoms with Crippen molar-refractivity contribution in [2.24, 2.45) is 0 Å². The van der Waals surface area contributed by atoms with E-state index in [0.29, 0.717) is 21.3 Å². The number of nitrogens with one attached hydrogen (secondary N) is 1. The average molecular weight is 396 g/mol. The van der Waals surface area contributed by atoms with E-state index in [1.807, 2.05) is 0 Å². The number of ether oxygens (including phenoxy) is 2. The summed E-state index contributed by atoms with van der Waals surface area (Å²) in [5.41, 5.74) is 1.39. The van der Waals surface area contributed by atoms with E-state index >= 15 is 0 Å². The first-order valence-electron chi connectivity index (χ1n) is 6.98. The van der Waals surface area contributed by atoms with E-state index in [1.165, 1.54) is 19.2 Å². The van der Waals surface area contributed by atoms with Crippen LogP contribution in [0.5, 0.6) is 5.75 Å². The van der Waals surface area contributed by atoms with Crippen LogP contribution in [0.4, 0.5) is 10.1 Å². The smallest absolute Gasteiger partial charge is 0.338 e. The summed E-state index contributed by atoms with van der Waals surface area (Å²) >= 11 is 3.14. The summed E-state index contributed by atoms with van der Waals surface area (Å²) in [6.45, 7) is 1.33. The quantitative estimate of drug-likeness (QED) is 0.783. The zero-order chi connectivity index (χ0) is 17.7. The monoisotopic (exact) mass is 395 g/mol. The first kappa shape index (κ1) is 17.9. The summed E-state index contributed by atoms with van der Waals surface area (Å²) in [4.78, 5) is 23.6. The van der Waals surface area contributed by atoms with Gasteiger partial charge in [0.25, 0.3) is 5.91 Å². The van der Waals surface area contributed by atoms with Gasteiger partial charge in [-0.05, 0) is 42.8 Å². The number of amides is 1. The van der Waals surface area contributed by atoms with Crippen LogP contribution in [0.1, 0.15) is 15.9 Å². The summed E-state index contributed by atoms with van der Waals surface area (Å²) in [6, 6.07) is 9.17. The molecule has 0 unspecified atom stereocenters. The maximum Gasteiger partial charge on any atom is 0.338 e. The van der Waals surface area contributed by atoms with Crippen LogP contribution in [0.2, 0.25) is 0 Å². The largest absolute Gasteiger partial charge is 0.481 e. The van der Waals surface area contributed by atoms with Crippen molar-refractivity contribution in [3.05, 3.63) is 57.8 Å². The highest BCUT2D eigenvalue weighted by molar-refractivity contribution is 9.10. The highest BCUT2D eigenvalue weighted by atomic mass is 79.9. The number of hydrogen-bond donors (Lipinski definition) is 1. The number of esters is 1. The van der Waals surface area contributed by atoms with Crippen LogP contribution in [-0.4, -0.2) is 25.6 Å². The van der Waals surface area contributed by atoms with Gasteiger partial charge in [0.2, 0.25) is 0 Å². The Bertz CT molecular complexity index is 779. The van der Waals surface area contributed by atoms with E-state index in [2.05, 4.69) is 26.0 Å². The van der Waals surface area contributed by atoms with Crippen molar-refractivity contribution in [1.29, 1.82) is 0 Å². The molecule has 126 valence electrons. The second kappa shape index (κ2) is 7.92. The van der Waals surface area contributed by atoms with Gasteiger partial charge in [0.15, 0.2) is 18.2 Å². The minimum Gasteiger partial charge on any atom is -0.481 e. The third kappa shape index (κ3) is 4.32. The van der Waals surface area contributed by atoms with Crippen LogP contribution >= 0.6 is 15.9 Å². The molecule has 0 heterocycles. The van der Waals surface area contributed by atoms with Gasteiger partial charge in [0.1, 0.15) is 0 Å². The van der Waals surface area contributed by atoms with Gasteiger partial charge >= 0.3 is 5.97 Å². The van der Waals surface area contributed by atoms with Crippen LogP contribution in [0.3, 0.4) is 0 Å². The molecule has 0 radical (unpaired) electrons. The van der Waals surface area contributed by atoms with Crippen molar-refractivity contribution in [1.82, 2.24) is 0 Å². The zero-order valence-corrected chi connectivity index (χ0v) is 14.6. The Kier molecular flexibility index (Phi) is 5.92. The van der Waals surface area contributed by atoms with E-state index in [-0.39, 0.29) is 12.4 Å². The van der Waals surface area contributed by atoms with E-state index in [1.54, 1.807) is 31.2 Å². The molecule has 1 amide bonds. The van der Waals surface area contributed by atoms with Gasteiger partial charge in [-0.1, -0.05) is 22.0 Å². The summed E-state index contributed by atoms with van der Waals surface area (Å²) in [5, 5.41) is 2.63. The Hall–Kier alpha value is -2.41. The highest BCUT2D eigenvalue weighted by Gasteiger charge is 2.14. The molecule has 0 fully saturated rings. The Morgan fingerprint density at radius 2 is 2.00 bits per heavy atom. The van der Waals surface area contributed by atoms with Gasteiger partial charge in [-0.2, -0.15) is 0 Å². The SMILES string of the molecule is COC(=O)c1cccc(NC(=O)COc2ccc(Br)cc2F)c1C. The van der Waals surface area contributed by atoms with E-state index in [4.69, 9.17) is 4.74 Å². The third-order valence-corrected chi connectivity index (χ3v) is 3.76. The van der Waals surface area contributed by atoms with Gasteiger partial charge in [-0.15, -0.1) is 0 Å². The number of benzene rings is 2. The molecule has 24 heavy (non-hydrogen) atoms. The van der Waals surface area contributed by atoms with E-state index < -0.39 is 17.7 Å². The molecule has 0 aliphatic rings. The van der Waals surface area contributed by atoms with Crippen LogP contribution in [0.25, 0.3) is 0 Å². The van der Waals surface area contributed by atoms with Gasteiger partial charge in [-0.3, -0.25) is 4.79 Å². The molecule has 1 N–H and O–H groups in total. The van der Waals surface area contributed by atoms with Crippen molar-refractivity contribution < 1.29 is 23.5 Å². The third-order valence-electron chi connectivity index (χ3n) is 3.27. The Morgan fingerprint density at radius 3 is 2.67 bits per heavy atom. The number of carbonyl (C=O) groups excluding carboxylic acids is 2. The summed E-state index contributed by atoms with van der Waals surface area (Å²) in [7, 11) is 1.29. The minimum atomic E-state index is -0.568. The predicted molar refractivity (Wildman–Crippen MR) is 90.7 cm³/mol. The van der Waals surface area contributed by atoms with Gasteiger partial charge < -0.3 is 14.8 Å². The lowest BCUT2D eigenvalue weighted by molar-refractivity contribution is -0.118. The Balaban J connectivity index is 2.03. The van der Waals surface area contributed by atoms with E-state index in [0.717, 1.165) is 0 Å². The first-order valence-corrected chi connectivity index (χ1v) is 7.77. The number of anilines is 1. The molecule has 0 saturated carbocycles. The molecule has 2 aromatic carbocycles. The van der Waals surface area contributed by atoms with E-state index in [9.17, 15) is 14.0 Å². The highest BCUT2D eigenvalue weighted by Crippen LogP contribution is 2.22. The second-order valence-corrected chi connectivity index (χ2v) is 5.80. The van der Waals surface area contributed by atoms with Gasteiger partial charge in [0, 0.05) is 10.2 Å². The molecule has 2 aromatic rings. The van der Waals surface area contributed by atoms with Crippen LogP contribution in [0, 0.1) is 12.7 Å². The van der Waals surface area contributed by atoms with Crippen molar-refractivity contribution in [2.45, 2.75) is 6.92 Å². The Labute approximate surface area is 146 Å². The standard InChI is InChI=1S/C17H15BrFNO4/c1-10-12(17(22)23-2)4-3-5-14(10)20-16(21)9-24-15-7-6-11(18)8-13(15)19/h3-8H,9H2,1-2H3,(H,20,21). The number of halogens is 2. The lowest BCUT2D eigenvalue weighted by Gasteiger charge is -2.12. The molecule has 0 saturated heterocycles. The summed E-state index contributed by atoms with van der Waals surface area (Å²) in [6.07, 6.45) is 0. The molecule has 5 nitrogen and oxygen atoms in total. The molecule has 0 atom stereocenters. The molecule has 0 spiro atoms. The van der Waals surface area contributed by atoms with Gasteiger partial charge in [-0.25, -0.2) is 9.18 Å². The van der Waals surface area contributed by atoms with Crippen molar-refractivity contribution in [3.63, 3.8) is 0 Å². The van der Waals surface area contributed by atoms with Gasteiger partial charge in [0.05, 0.1) is 12.7 Å². The number of rotatable bonds is 5. The zero-order valence-electron chi connectivity index (χ0n) is 13.1. The predicted octanol–water partition coefficient (Wildman–Crippen LogP) is 3.70. The molecule has 2 rings (SSSR count). The van der Waals surface area contributed by atoms with Crippen molar-refractivity contribution in [3.8, 4) is 5.75 Å². The molecule has 0 bridgehead atoms. The number of carbonyl (C=O) groups is 2.